The molecule has 6 heteroatoms. The predicted octanol–water partition coefficient (Wildman–Crippen LogP) is 0.443. The number of rotatable bonds is 6. The summed E-state index contributed by atoms with van der Waals surface area (Å²) in [6.45, 7) is 3.82. The lowest BCUT2D eigenvalue weighted by Crippen LogP contribution is -2.19. The van der Waals surface area contributed by atoms with Crippen LogP contribution in [0.4, 0.5) is 0 Å². The molecule has 0 unspecified atom stereocenters. The summed E-state index contributed by atoms with van der Waals surface area (Å²) in [7, 11) is 3.86. The monoisotopic (exact) mass is 248 g/mol. The van der Waals surface area contributed by atoms with Crippen LogP contribution in [0, 0.1) is 0 Å². The van der Waals surface area contributed by atoms with Crippen LogP contribution in [0.25, 0.3) is 0 Å². The van der Waals surface area contributed by atoms with Crippen LogP contribution in [0.15, 0.2) is 12.4 Å². The summed E-state index contributed by atoms with van der Waals surface area (Å²) >= 11 is 0. The molecule has 2 aromatic rings. The Morgan fingerprint density at radius 2 is 2.11 bits per heavy atom. The molecule has 98 valence electrons. The molecule has 18 heavy (non-hydrogen) atoms. The van der Waals surface area contributed by atoms with E-state index in [-0.39, 0.29) is 0 Å². The van der Waals surface area contributed by atoms with Gasteiger partial charge in [-0.25, -0.2) is 4.98 Å². The number of aryl methyl sites for hydroxylation is 3. The third kappa shape index (κ3) is 3.16. The number of hydrogen-bond acceptors (Lipinski definition) is 4. The molecule has 0 radical (unpaired) electrons. The first-order valence-corrected chi connectivity index (χ1v) is 6.26. The van der Waals surface area contributed by atoms with E-state index >= 15 is 0 Å². The van der Waals surface area contributed by atoms with Gasteiger partial charge in [-0.1, -0.05) is 6.92 Å². The van der Waals surface area contributed by atoms with Gasteiger partial charge >= 0.3 is 0 Å². The van der Waals surface area contributed by atoms with E-state index in [4.69, 9.17) is 0 Å². The van der Waals surface area contributed by atoms with Crippen LogP contribution < -0.4 is 5.32 Å². The van der Waals surface area contributed by atoms with Crippen molar-refractivity contribution in [1.29, 1.82) is 0 Å². The molecule has 0 aromatic carbocycles. The molecule has 0 atom stereocenters. The van der Waals surface area contributed by atoms with Crippen LogP contribution in [0.2, 0.25) is 0 Å². The van der Waals surface area contributed by atoms with E-state index in [1.165, 1.54) is 5.69 Å². The Morgan fingerprint density at radius 1 is 1.28 bits per heavy atom. The average Bonchev–Trinajstić information content (AvgIpc) is 2.91. The van der Waals surface area contributed by atoms with Gasteiger partial charge in [0.05, 0.1) is 11.4 Å². The number of aromatic nitrogens is 5. The summed E-state index contributed by atoms with van der Waals surface area (Å²) in [6, 6.07) is 2.14. The second-order valence-corrected chi connectivity index (χ2v) is 4.37. The van der Waals surface area contributed by atoms with Crippen molar-refractivity contribution in [2.75, 3.05) is 6.54 Å². The smallest absolute Gasteiger partial charge is 0.151 e. The summed E-state index contributed by atoms with van der Waals surface area (Å²) in [6.07, 6.45) is 3.55. The highest BCUT2D eigenvalue weighted by Crippen LogP contribution is 2.03. The van der Waals surface area contributed by atoms with Gasteiger partial charge in [0.1, 0.15) is 6.33 Å². The van der Waals surface area contributed by atoms with Crippen molar-refractivity contribution in [2.24, 2.45) is 14.1 Å². The maximum atomic E-state index is 4.42. The number of nitrogens with one attached hydrogen (secondary N) is 1. The predicted molar refractivity (Wildman–Crippen MR) is 69.0 cm³/mol. The van der Waals surface area contributed by atoms with Crippen LogP contribution >= 0.6 is 0 Å². The van der Waals surface area contributed by atoms with Crippen molar-refractivity contribution in [2.45, 2.75) is 26.3 Å². The van der Waals surface area contributed by atoms with Crippen molar-refractivity contribution >= 4 is 0 Å². The molecule has 0 saturated heterocycles. The van der Waals surface area contributed by atoms with Gasteiger partial charge in [-0.3, -0.25) is 9.36 Å². The third-order valence-electron chi connectivity index (χ3n) is 2.87. The van der Waals surface area contributed by atoms with Crippen LogP contribution in [-0.2, 0) is 33.5 Å². The lowest BCUT2D eigenvalue weighted by atomic mass is 10.3. The van der Waals surface area contributed by atoms with E-state index in [1.54, 1.807) is 11.0 Å². The normalized spacial score (nSPS) is 11.1. The molecule has 1 N–H and O–H groups in total. The van der Waals surface area contributed by atoms with Gasteiger partial charge in [-0.15, -0.1) is 0 Å². The fourth-order valence-electron chi connectivity index (χ4n) is 1.82. The van der Waals surface area contributed by atoms with Gasteiger partial charge in [-0.05, 0) is 12.5 Å². The molecule has 0 aliphatic heterocycles. The van der Waals surface area contributed by atoms with Gasteiger partial charge in [-0.2, -0.15) is 10.2 Å². The van der Waals surface area contributed by atoms with Gasteiger partial charge in [0, 0.05) is 33.6 Å². The second-order valence-electron chi connectivity index (χ2n) is 4.37. The van der Waals surface area contributed by atoms with Crippen LogP contribution in [-0.4, -0.2) is 31.1 Å². The first-order chi connectivity index (χ1) is 8.69. The quantitative estimate of drug-likeness (QED) is 0.754. The lowest BCUT2D eigenvalue weighted by Gasteiger charge is -2.03. The molecule has 0 bridgehead atoms. The maximum Gasteiger partial charge on any atom is 0.151 e. The zero-order chi connectivity index (χ0) is 13.0. The second kappa shape index (κ2) is 5.77. The zero-order valence-corrected chi connectivity index (χ0v) is 11.2. The zero-order valence-electron chi connectivity index (χ0n) is 11.2. The van der Waals surface area contributed by atoms with Crippen molar-refractivity contribution in [3.8, 4) is 0 Å². The molecule has 0 spiro atoms. The molecule has 0 aliphatic rings. The summed E-state index contributed by atoms with van der Waals surface area (Å²) in [5.74, 6) is 0.879. The molecule has 0 saturated carbocycles. The van der Waals surface area contributed by atoms with Gasteiger partial charge in [0.25, 0.3) is 0 Å². The van der Waals surface area contributed by atoms with Gasteiger partial charge in [0.15, 0.2) is 5.82 Å². The molecule has 0 fully saturated rings. The SMILES string of the molecule is CCc1cc(CNCCc2ncn(C)n2)n(C)n1. The summed E-state index contributed by atoms with van der Waals surface area (Å²) in [5, 5.41) is 12.0. The highest BCUT2D eigenvalue weighted by molar-refractivity contribution is 5.09. The molecule has 2 rings (SSSR count). The van der Waals surface area contributed by atoms with Crippen molar-refractivity contribution in [3.63, 3.8) is 0 Å². The minimum Gasteiger partial charge on any atom is -0.311 e. The van der Waals surface area contributed by atoms with E-state index in [1.807, 2.05) is 18.8 Å². The van der Waals surface area contributed by atoms with E-state index in [9.17, 15) is 0 Å². The molecule has 2 heterocycles. The van der Waals surface area contributed by atoms with E-state index in [0.29, 0.717) is 0 Å². The molecule has 6 nitrogen and oxygen atoms in total. The Hall–Kier alpha value is -1.69. The van der Waals surface area contributed by atoms with Crippen molar-refractivity contribution in [3.05, 3.63) is 29.6 Å². The Kier molecular flexibility index (Phi) is 4.09. The Bertz CT molecular complexity index is 498. The van der Waals surface area contributed by atoms with Gasteiger partial charge in [0.2, 0.25) is 0 Å². The topological polar surface area (TPSA) is 60.6 Å². The highest BCUT2D eigenvalue weighted by Gasteiger charge is 2.03. The molecule has 0 amide bonds. The summed E-state index contributed by atoms with van der Waals surface area (Å²) in [4.78, 5) is 4.19. The number of hydrogen-bond donors (Lipinski definition) is 1. The van der Waals surface area contributed by atoms with Crippen molar-refractivity contribution in [1.82, 2.24) is 29.9 Å². The largest absolute Gasteiger partial charge is 0.311 e. The van der Waals surface area contributed by atoms with Crippen molar-refractivity contribution < 1.29 is 0 Å². The first-order valence-electron chi connectivity index (χ1n) is 6.26. The van der Waals surface area contributed by atoms with Crippen LogP contribution in [0.5, 0.6) is 0 Å². The highest BCUT2D eigenvalue weighted by atomic mass is 15.3. The third-order valence-corrected chi connectivity index (χ3v) is 2.87. The van der Waals surface area contributed by atoms with E-state index < -0.39 is 0 Å². The maximum absolute atomic E-state index is 4.42. The Labute approximate surface area is 107 Å². The molecule has 0 aliphatic carbocycles. The fourth-order valence-corrected chi connectivity index (χ4v) is 1.82. The fraction of sp³-hybridized carbons (Fsp3) is 0.583. The summed E-state index contributed by atoms with van der Waals surface area (Å²) in [5.41, 5.74) is 2.35. The van der Waals surface area contributed by atoms with Crippen LogP contribution in [0.1, 0.15) is 24.1 Å². The summed E-state index contributed by atoms with van der Waals surface area (Å²) < 4.78 is 3.66. The minimum atomic E-state index is 0.830. The first kappa shape index (κ1) is 12.8. The van der Waals surface area contributed by atoms with E-state index in [0.717, 1.165) is 37.4 Å². The molecular weight excluding hydrogens is 228 g/mol. The molecular formula is C12H20N6. The molecule has 2 aromatic heterocycles. The standard InChI is InChI=1S/C12H20N6/c1-4-10-7-11(18(3)15-10)8-13-6-5-12-14-9-17(2)16-12/h7,9,13H,4-6,8H2,1-3H3. The van der Waals surface area contributed by atoms with Crippen LogP contribution in [0.3, 0.4) is 0 Å². The Morgan fingerprint density at radius 3 is 2.72 bits per heavy atom. The minimum absolute atomic E-state index is 0.830. The Balaban J connectivity index is 1.76. The number of nitrogens with zero attached hydrogens (tertiary/aromatic N) is 5. The van der Waals surface area contributed by atoms with E-state index in [2.05, 4.69) is 33.5 Å². The van der Waals surface area contributed by atoms with Gasteiger partial charge < -0.3 is 5.32 Å². The average molecular weight is 248 g/mol. The lowest BCUT2D eigenvalue weighted by molar-refractivity contribution is 0.614.